The molecule has 0 saturated carbocycles. The summed E-state index contributed by atoms with van der Waals surface area (Å²) in [7, 11) is 0. The second kappa shape index (κ2) is 5.39. The minimum absolute atomic E-state index is 0.0545. The number of hydrogen-bond donors (Lipinski definition) is 3. The van der Waals surface area contributed by atoms with E-state index in [9.17, 15) is 4.79 Å². The summed E-state index contributed by atoms with van der Waals surface area (Å²) in [4.78, 5) is 15.0. The number of nitrogen functional groups attached to an aromatic ring is 1. The molecule has 1 amide bonds. The predicted molar refractivity (Wildman–Crippen MR) is 71.0 cm³/mol. The molecule has 2 rings (SSSR count). The minimum Gasteiger partial charge on any atom is -0.484 e. The first-order valence-electron chi connectivity index (χ1n) is 5.72. The van der Waals surface area contributed by atoms with Crippen LogP contribution in [-0.4, -0.2) is 31.4 Å². The van der Waals surface area contributed by atoms with Gasteiger partial charge in [0.2, 0.25) is 5.91 Å². The number of carbonyl (C=O) groups is 1. The minimum atomic E-state index is -0.0545. The number of amidine groups is 1. The summed E-state index contributed by atoms with van der Waals surface area (Å²) in [5, 5.41) is 5.84. The Morgan fingerprint density at radius 1 is 1.61 bits per heavy atom. The molecular weight excluding hydrogens is 232 g/mol. The van der Waals surface area contributed by atoms with Crippen LogP contribution in [0.2, 0.25) is 0 Å². The standard InChI is InChI=1S/C12H16N4O2/c1-8(17)14-4-5-15-12-7-18-11-3-2-9(13)6-10(11)16-12/h2-3,6H,4-5,7,13H2,1H3,(H,14,17)(H,15,16). The molecule has 0 spiro atoms. The van der Waals surface area contributed by atoms with Crippen LogP contribution in [0.25, 0.3) is 0 Å². The van der Waals surface area contributed by atoms with Gasteiger partial charge in [-0.1, -0.05) is 0 Å². The highest BCUT2D eigenvalue weighted by molar-refractivity contribution is 6.00. The lowest BCUT2D eigenvalue weighted by Gasteiger charge is -2.21. The number of aliphatic imine (C=N–C) groups is 1. The van der Waals surface area contributed by atoms with Gasteiger partial charge >= 0.3 is 0 Å². The van der Waals surface area contributed by atoms with E-state index < -0.39 is 0 Å². The van der Waals surface area contributed by atoms with E-state index in [0.29, 0.717) is 25.4 Å². The van der Waals surface area contributed by atoms with Gasteiger partial charge in [0.25, 0.3) is 0 Å². The first kappa shape index (κ1) is 12.2. The molecule has 4 N–H and O–H groups in total. The molecular formula is C12H16N4O2. The maximum Gasteiger partial charge on any atom is 0.216 e. The Morgan fingerprint density at radius 3 is 3.22 bits per heavy atom. The topological polar surface area (TPSA) is 88.7 Å². The summed E-state index contributed by atoms with van der Waals surface area (Å²) in [6, 6.07) is 5.42. The van der Waals surface area contributed by atoms with Crippen LogP contribution in [0.4, 0.5) is 11.4 Å². The third-order valence-corrected chi connectivity index (χ3v) is 2.44. The van der Waals surface area contributed by atoms with Gasteiger partial charge in [0.1, 0.15) is 18.2 Å². The number of amides is 1. The van der Waals surface area contributed by atoms with Crippen molar-refractivity contribution < 1.29 is 9.53 Å². The molecule has 6 heteroatoms. The smallest absolute Gasteiger partial charge is 0.216 e. The Morgan fingerprint density at radius 2 is 2.44 bits per heavy atom. The lowest BCUT2D eigenvalue weighted by atomic mass is 10.2. The van der Waals surface area contributed by atoms with Gasteiger partial charge in [0.15, 0.2) is 0 Å². The van der Waals surface area contributed by atoms with E-state index >= 15 is 0 Å². The van der Waals surface area contributed by atoms with Crippen molar-refractivity contribution in [1.82, 2.24) is 5.32 Å². The second-order valence-electron chi connectivity index (χ2n) is 3.98. The number of hydrogen-bond acceptors (Lipinski definition) is 4. The van der Waals surface area contributed by atoms with Gasteiger partial charge in [-0.2, -0.15) is 0 Å². The SMILES string of the molecule is CC(=O)NCCN=C1COc2ccc(N)cc2N1. The van der Waals surface area contributed by atoms with E-state index in [1.807, 2.05) is 6.07 Å². The number of carbonyl (C=O) groups excluding carboxylic acids is 1. The Bertz CT molecular complexity index is 485. The predicted octanol–water partition coefficient (Wildman–Crippen LogP) is 0.608. The van der Waals surface area contributed by atoms with Crippen molar-refractivity contribution in [3.8, 4) is 5.75 Å². The first-order valence-corrected chi connectivity index (χ1v) is 5.72. The van der Waals surface area contributed by atoms with Gasteiger partial charge in [-0.05, 0) is 18.2 Å². The number of ether oxygens (including phenoxy) is 1. The van der Waals surface area contributed by atoms with Crippen molar-refractivity contribution in [3.05, 3.63) is 18.2 Å². The molecule has 1 heterocycles. The highest BCUT2D eigenvalue weighted by atomic mass is 16.5. The summed E-state index contributed by atoms with van der Waals surface area (Å²) in [5.74, 6) is 1.45. The largest absolute Gasteiger partial charge is 0.484 e. The number of benzene rings is 1. The zero-order valence-corrected chi connectivity index (χ0v) is 10.2. The number of nitrogens with one attached hydrogen (secondary N) is 2. The fraction of sp³-hybridized carbons (Fsp3) is 0.333. The summed E-state index contributed by atoms with van der Waals surface area (Å²) in [6.45, 7) is 2.92. The van der Waals surface area contributed by atoms with Crippen LogP contribution in [0.15, 0.2) is 23.2 Å². The van der Waals surface area contributed by atoms with Gasteiger partial charge in [-0.25, -0.2) is 0 Å². The number of anilines is 2. The molecule has 1 aliphatic rings. The molecule has 6 nitrogen and oxygen atoms in total. The molecule has 0 unspecified atom stereocenters. The molecule has 0 bridgehead atoms. The van der Waals surface area contributed by atoms with E-state index in [1.54, 1.807) is 12.1 Å². The molecule has 18 heavy (non-hydrogen) atoms. The van der Waals surface area contributed by atoms with Gasteiger partial charge in [0, 0.05) is 19.2 Å². The van der Waals surface area contributed by atoms with Crippen LogP contribution >= 0.6 is 0 Å². The Kier molecular flexibility index (Phi) is 3.66. The number of fused-ring (bicyclic) bond motifs is 1. The number of nitrogens with zero attached hydrogens (tertiary/aromatic N) is 1. The van der Waals surface area contributed by atoms with Crippen LogP contribution in [-0.2, 0) is 4.79 Å². The fourth-order valence-electron chi connectivity index (χ4n) is 1.62. The highest BCUT2D eigenvalue weighted by Crippen LogP contribution is 2.29. The maximum absolute atomic E-state index is 10.7. The maximum atomic E-state index is 10.7. The van der Waals surface area contributed by atoms with Crippen molar-refractivity contribution in [3.63, 3.8) is 0 Å². The summed E-state index contributed by atoms with van der Waals surface area (Å²) < 4.78 is 5.53. The third-order valence-electron chi connectivity index (χ3n) is 2.44. The van der Waals surface area contributed by atoms with Crippen molar-refractivity contribution in [2.75, 3.05) is 30.7 Å². The average Bonchev–Trinajstić information content (AvgIpc) is 2.34. The van der Waals surface area contributed by atoms with E-state index in [0.717, 1.165) is 17.3 Å². The second-order valence-corrected chi connectivity index (χ2v) is 3.98. The number of nitrogens with two attached hydrogens (primary N) is 1. The monoisotopic (exact) mass is 248 g/mol. The molecule has 1 aliphatic heterocycles. The van der Waals surface area contributed by atoms with Crippen LogP contribution in [0, 0.1) is 0 Å². The Hall–Kier alpha value is -2.24. The zero-order valence-electron chi connectivity index (χ0n) is 10.2. The van der Waals surface area contributed by atoms with Crippen molar-refractivity contribution in [2.45, 2.75) is 6.92 Å². The lowest BCUT2D eigenvalue weighted by molar-refractivity contribution is -0.118. The lowest BCUT2D eigenvalue weighted by Crippen LogP contribution is -2.28. The fourth-order valence-corrected chi connectivity index (χ4v) is 1.62. The molecule has 0 fully saturated rings. The average molecular weight is 248 g/mol. The molecule has 0 saturated heterocycles. The van der Waals surface area contributed by atoms with E-state index in [2.05, 4.69) is 15.6 Å². The molecule has 0 radical (unpaired) electrons. The quantitative estimate of drug-likeness (QED) is 0.540. The zero-order chi connectivity index (χ0) is 13.0. The highest BCUT2D eigenvalue weighted by Gasteiger charge is 2.13. The van der Waals surface area contributed by atoms with Gasteiger partial charge in [0.05, 0.1) is 12.2 Å². The molecule has 1 aromatic carbocycles. The van der Waals surface area contributed by atoms with E-state index in [-0.39, 0.29) is 5.91 Å². The van der Waals surface area contributed by atoms with E-state index in [1.165, 1.54) is 6.92 Å². The molecule has 1 aromatic rings. The molecule has 96 valence electrons. The molecule has 0 aromatic heterocycles. The summed E-state index contributed by atoms with van der Waals surface area (Å²) in [5.41, 5.74) is 7.19. The number of rotatable bonds is 3. The summed E-state index contributed by atoms with van der Waals surface area (Å²) >= 11 is 0. The molecule has 0 aliphatic carbocycles. The first-order chi connectivity index (χ1) is 8.65. The Balaban J connectivity index is 1.94. The van der Waals surface area contributed by atoms with Crippen LogP contribution in [0.3, 0.4) is 0 Å². The van der Waals surface area contributed by atoms with Crippen LogP contribution < -0.4 is 21.1 Å². The van der Waals surface area contributed by atoms with Crippen molar-refractivity contribution >= 4 is 23.1 Å². The summed E-state index contributed by atoms with van der Waals surface area (Å²) in [6.07, 6.45) is 0. The van der Waals surface area contributed by atoms with E-state index in [4.69, 9.17) is 10.5 Å². The van der Waals surface area contributed by atoms with Crippen molar-refractivity contribution in [2.24, 2.45) is 4.99 Å². The van der Waals surface area contributed by atoms with Crippen molar-refractivity contribution in [1.29, 1.82) is 0 Å². The molecule has 0 atom stereocenters. The normalized spacial score (nSPS) is 15.5. The third kappa shape index (κ3) is 3.13. The Labute approximate surface area is 105 Å². The van der Waals surface area contributed by atoms with Crippen LogP contribution in [0.1, 0.15) is 6.92 Å². The van der Waals surface area contributed by atoms with Crippen LogP contribution in [0.5, 0.6) is 5.75 Å². The van der Waals surface area contributed by atoms with Gasteiger partial charge < -0.3 is 21.1 Å². The van der Waals surface area contributed by atoms with Gasteiger partial charge in [-0.3, -0.25) is 9.79 Å². The van der Waals surface area contributed by atoms with Gasteiger partial charge in [-0.15, -0.1) is 0 Å².